The number of nitrogens with one attached hydrogen (secondary N) is 1. The minimum absolute atomic E-state index is 0.0296. The van der Waals surface area contributed by atoms with E-state index in [4.69, 9.17) is 0 Å². The summed E-state index contributed by atoms with van der Waals surface area (Å²) in [6.07, 6.45) is 2.09. The summed E-state index contributed by atoms with van der Waals surface area (Å²) in [5, 5.41) is 18.9. The van der Waals surface area contributed by atoms with Crippen LogP contribution in [0.25, 0.3) is 0 Å². The highest BCUT2D eigenvalue weighted by Gasteiger charge is 2.29. The number of hydrogen-bond donors (Lipinski definition) is 1. The fraction of sp³-hybridized carbons (Fsp3) is 0.786. The molecule has 0 aromatic carbocycles. The van der Waals surface area contributed by atoms with Crippen LogP contribution >= 0.6 is 0 Å². The molecule has 1 N–H and O–H groups in total. The van der Waals surface area contributed by atoms with E-state index < -0.39 is 0 Å². The Balaban J connectivity index is 3.02. The molecule has 0 amide bonds. The maximum Gasteiger partial charge on any atom is 0.334 e. The van der Waals surface area contributed by atoms with Gasteiger partial charge in [-0.15, -0.1) is 0 Å². The first-order valence-electron chi connectivity index (χ1n) is 7.25. The van der Waals surface area contributed by atoms with Crippen LogP contribution in [0.1, 0.15) is 59.1 Å². The Morgan fingerprint density at radius 3 is 2.40 bits per heavy atom. The van der Waals surface area contributed by atoms with Crippen LogP contribution in [-0.4, -0.2) is 20.7 Å². The molecule has 6 heteroatoms. The van der Waals surface area contributed by atoms with E-state index in [1.165, 1.54) is 0 Å². The Morgan fingerprint density at radius 1 is 1.35 bits per heavy atom. The third kappa shape index (κ3) is 3.71. The predicted molar refractivity (Wildman–Crippen MR) is 81.1 cm³/mol. The summed E-state index contributed by atoms with van der Waals surface area (Å²) in [6.45, 7) is 10.2. The number of nitro groups is 1. The molecule has 1 aromatic rings. The van der Waals surface area contributed by atoms with Gasteiger partial charge in [-0.1, -0.05) is 34.1 Å². The smallest absolute Gasteiger partial charge is 0.334 e. The van der Waals surface area contributed by atoms with E-state index >= 15 is 0 Å². The van der Waals surface area contributed by atoms with Gasteiger partial charge in [0.15, 0.2) is 0 Å². The predicted octanol–water partition coefficient (Wildman–Crippen LogP) is 3.69. The van der Waals surface area contributed by atoms with Gasteiger partial charge in [0.05, 0.1) is 4.92 Å². The van der Waals surface area contributed by atoms with Crippen molar-refractivity contribution in [3.8, 4) is 0 Å². The van der Waals surface area contributed by atoms with Crippen LogP contribution in [0.3, 0.4) is 0 Å². The topological polar surface area (TPSA) is 73.0 Å². The van der Waals surface area contributed by atoms with Gasteiger partial charge in [0.2, 0.25) is 5.82 Å². The number of rotatable bonds is 7. The van der Waals surface area contributed by atoms with Crippen molar-refractivity contribution in [3.63, 3.8) is 0 Å². The molecule has 1 heterocycles. The Hall–Kier alpha value is -1.59. The lowest BCUT2D eigenvalue weighted by molar-refractivity contribution is -0.384. The molecular formula is C14H26N4O2. The zero-order valence-electron chi connectivity index (χ0n) is 13.3. The zero-order chi connectivity index (χ0) is 15.4. The van der Waals surface area contributed by atoms with Gasteiger partial charge in [0, 0.05) is 19.0 Å². The Kier molecular flexibility index (Phi) is 5.53. The number of nitrogens with zero attached hydrogens (tertiary/aromatic N) is 3. The molecule has 0 aliphatic rings. The molecule has 0 spiro atoms. The third-order valence-corrected chi connectivity index (χ3v) is 3.61. The highest BCUT2D eigenvalue weighted by molar-refractivity contribution is 5.61. The number of anilines is 1. The van der Waals surface area contributed by atoms with Crippen LogP contribution in [0.4, 0.5) is 11.5 Å². The summed E-state index contributed by atoms with van der Waals surface area (Å²) >= 11 is 0. The second-order valence-corrected chi connectivity index (χ2v) is 5.91. The molecule has 114 valence electrons. The van der Waals surface area contributed by atoms with E-state index in [1.807, 2.05) is 13.8 Å². The van der Waals surface area contributed by atoms with Crippen LogP contribution in [0.15, 0.2) is 0 Å². The molecule has 0 aliphatic heterocycles. The van der Waals surface area contributed by atoms with Crippen LogP contribution in [-0.2, 0) is 7.05 Å². The van der Waals surface area contributed by atoms with Crippen molar-refractivity contribution in [2.45, 2.75) is 59.4 Å². The number of aryl methyl sites for hydroxylation is 1. The number of aromatic nitrogens is 2. The van der Waals surface area contributed by atoms with Crippen molar-refractivity contribution < 1.29 is 4.92 Å². The van der Waals surface area contributed by atoms with Crippen LogP contribution in [0, 0.1) is 16.0 Å². The van der Waals surface area contributed by atoms with Crippen molar-refractivity contribution in [3.05, 3.63) is 15.8 Å². The maximum atomic E-state index is 11.3. The number of hydrogen-bond acceptors (Lipinski definition) is 4. The second kappa shape index (κ2) is 6.72. The van der Waals surface area contributed by atoms with Crippen molar-refractivity contribution >= 4 is 11.5 Å². The average molecular weight is 282 g/mol. The normalized spacial score (nSPS) is 14.3. The summed E-state index contributed by atoms with van der Waals surface area (Å²) in [7, 11) is 1.75. The van der Waals surface area contributed by atoms with Gasteiger partial charge in [0.1, 0.15) is 5.69 Å². The van der Waals surface area contributed by atoms with E-state index in [0.29, 0.717) is 17.4 Å². The molecule has 0 fully saturated rings. The van der Waals surface area contributed by atoms with Crippen LogP contribution < -0.4 is 5.32 Å². The van der Waals surface area contributed by atoms with Gasteiger partial charge in [-0.2, -0.15) is 5.10 Å². The van der Waals surface area contributed by atoms with Gasteiger partial charge in [-0.3, -0.25) is 10.1 Å². The van der Waals surface area contributed by atoms with E-state index in [0.717, 1.165) is 12.8 Å². The SMILES string of the molecule is CCC(C)CC(C)Nc1c([N+](=O)[O-])c(C(C)C)nn1C. The quantitative estimate of drug-likeness (QED) is 0.611. The molecule has 2 unspecified atom stereocenters. The molecule has 20 heavy (non-hydrogen) atoms. The molecule has 0 saturated heterocycles. The largest absolute Gasteiger partial charge is 0.362 e. The van der Waals surface area contributed by atoms with E-state index in [2.05, 4.69) is 31.2 Å². The molecule has 0 aliphatic carbocycles. The van der Waals surface area contributed by atoms with E-state index in [9.17, 15) is 10.1 Å². The standard InChI is InChI=1S/C14H26N4O2/c1-7-10(4)8-11(5)15-14-13(18(19)20)12(9(2)3)16-17(14)6/h9-11,15H,7-8H2,1-6H3. The molecule has 0 radical (unpaired) electrons. The van der Waals surface area contributed by atoms with E-state index in [-0.39, 0.29) is 22.6 Å². The van der Waals surface area contributed by atoms with Gasteiger partial charge >= 0.3 is 5.69 Å². The minimum atomic E-state index is -0.333. The highest BCUT2D eigenvalue weighted by Crippen LogP contribution is 2.33. The Morgan fingerprint density at radius 2 is 1.95 bits per heavy atom. The monoisotopic (exact) mass is 282 g/mol. The highest BCUT2D eigenvalue weighted by atomic mass is 16.6. The molecule has 1 rings (SSSR count). The lowest BCUT2D eigenvalue weighted by Crippen LogP contribution is -2.20. The fourth-order valence-corrected chi connectivity index (χ4v) is 2.33. The summed E-state index contributed by atoms with van der Waals surface area (Å²) in [5.41, 5.74) is 0.647. The minimum Gasteiger partial charge on any atom is -0.362 e. The molecule has 1 aromatic heterocycles. The Bertz CT molecular complexity index is 468. The third-order valence-electron chi connectivity index (χ3n) is 3.61. The first kappa shape index (κ1) is 16.5. The summed E-state index contributed by atoms with van der Waals surface area (Å²) < 4.78 is 1.58. The van der Waals surface area contributed by atoms with Crippen molar-refractivity contribution in [2.24, 2.45) is 13.0 Å². The van der Waals surface area contributed by atoms with E-state index in [1.54, 1.807) is 11.7 Å². The zero-order valence-corrected chi connectivity index (χ0v) is 13.3. The van der Waals surface area contributed by atoms with Crippen molar-refractivity contribution in [1.29, 1.82) is 0 Å². The average Bonchev–Trinajstić information content (AvgIpc) is 2.66. The second-order valence-electron chi connectivity index (χ2n) is 5.91. The molecule has 6 nitrogen and oxygen atoms in total. The summed E-state index contributed by atoms with van der Waals surface area (Å²) in [6, 6.07) is 0.180. The lowest BCUT2D eigenvalue weighted by atomic mass is 10.0. The summed E-state index contributed by atoms with van der Waals surface area (Å²) in [5.74, 6) is 1.13. The Labute approximate surface area is 120 Å². The first-order valence-corrected chi connectivity index (χ1v) is 7.25. The first-order chi connectivity index (χ1) is 9.27. The molecule has 0 saturated carbocycles. The maximum absolute atomic E-state index is 11.3. The molecule has 0 bridgehead atoms. The van der Waals surface area contributed by atoms with Gasteiger partial charge in [-0.05, 0) is 19.3 Å². The van der Waals surface area contributed by atoms with Crippen molar-refractivity contribution in [2.75, 3.05) is 5.32 Å². The fourth-order valence-electron chi connectivity index (χ4n) is 2.33. The van der Waals surface area contributed by atoms with Crippen molar-refractivity contribution in [1.82, 2.24) is 9.78 Å². The van der Waals surface area contributed by atoms with Gasteiger partial charge < -0.3 is 5.32 Å². The van der Waals surface area contributed by atoms with Crippen LogP contribution in [0.5, 0.6) is 0 Å². The molecule has 2 atom stereocenters. The lowest BCUT2D eigenvalue weighted by Gasteiger charge is -2.18. The summed E-state index contributed by atoms with van der Waals surface area (Å²) in [4.78, 5) is 11.0. The van der Waals surface area contributed by atoms with Gasteiger partial charge in [0.25, 0.3) is 0 Å². The van der Waals surface area contributed by atoms with Crippen LogP contribution in [0.2, 0.25) is 0 Å². The molecular weight excluding hydrogens is 256 g/mol. The van der Waals surface area contributed by atoms with Gasteiger partial charge in [-0.25, -0.2) is 4.68 Å².